The van der Waals surface area contributed by atoms with E-state index in [0.717, 1.165) is 16.8 Å². The lowest BCUT2D eigenvalue weighted by Gasteiger charge is -2.09. The lowest BCUT2D eigenvalue weighted by atomic mass is 10.1. The van der Waals surface area contributed by atoms with E-state index in [4.69, 9.17) is 0 Å². The van der Waals surface area contributed by atoms with Gasteiger partial charge in [0.25, 0.3) is 5.91 Å². The Morgan fingerprint density at radius 2 is 1.80 bits per heavy atom. The molecular formula is C19H19N5O. The van der Waals surface area contributed by atoms with Crippen molar-refractivity contribution in [2.75, 3.05) is 10.6 Å². The third kappa shape index (κ3) is 4.38. The third-order valence-electron chi connectivity index (χ3n) is 3.85. The molecule has 6 heteroatoms. The Bertz CT molecular complexity index is 880. The molecule has 2 aromatic heterocycles. The van der Waals surface area contributed by atoms with Gasteiger partial charge in [-0.15, -0.1) is 0 Å². The van der Waals surface area contributed by atoms with Crippen molar-refractivity contribution < 1.29 is 4.79 Å². The first-order chi connectivity index (χ1) is 12.1. The maximum atomic E-state index is 12.4. The van der Waals surface area contributed by atoms with Gasteiger partial charge in [-0.3, -0.25) is 9.78 Å². The van der Waals surface area contributed by atoms with Gasteiger partial charge in [-0.25, -0.2) is 9.97 Å². The molecule has 2 heterocycles. The second kappa shape index (κ2) is 7.53. The molecule has 0 aliphatic heterocycles. The van der Waals surface area contributed by atoms with E-state index in [1.54, 1.807) is 24.7 Å². The zero-order valence-electron chi connectivity index (χ0n) is 14.2. The molecule has 0 bridgehead atoms. The molecule has 0 saturated carbocycles. The van der Waals surface area contributed by atoms with Gasteiger partial charge in [-0.05, 0) is 60.9 Å². The van der Waals surface area contributed by atoms with Crippen molar-refractivity contribution in [3.05, 3.63) is 77.4 Å². The maximum absolute atomic E-state index is 12.4. The highest BCUT2D eigenvalue weighted by Gasteiger charge is 2.09. The van der Waals surface area contributed by atoms with Crippen molar-refractivity contribution >= 4 is 17.5 Å². The molecule has 126 valence electrons. The molecule has 6 nitrogen and oxygen atoms in total. The number of benzene rings is 1. The number of rotatable bonds is 5. The van der Waals surface area contributed by atoms with Crippen LogP contribution in [0.5, 0.6) is 0 Å². The highest BCUT2D eigenvalue weighted by Crippen LogP contribution is 2.15. The van der Waals surface area contributed by atoms with Crippen molar-refractivity contribution in [2.24, 2.45) is 0 Å². The van der Waals surface area contributed by atoms with E-state index in [2.05, 4.69) is 25.6 Å². The van der Waals surface area contributed by atoms with Crippen LogP contribution in [0, 0.1) is 13.8 Å². The Morgan fingerprint density at radius 1 is 1.00 bits per heavy atom. The average molecular weight is 333 g/mol. The van der Waals surface area contributed by atoms with Crippen LogP contribution in [0.1, 0.15) is 27.2 Å². The minimum Gasteiger partial charge on any atom is -0.350 e. The summed E-state index contributed by atoms with van der Waals surface area (Å²) in [6.45, 7) is 4.60. The van der Waals surface area contributed by atoms with E-state index in [-0.39, 0.29) is 5.91 Å². The SMILES string of the molecule is Cc1ccc(NC(=O)c2ccnc(NCc3ccncc3)n2)cc1C. The molecule has 0 spiro atoms. The first kappa shape index (κ1) is 16.6. The Morgan fingerprint density at radius 3 is 2.56 bits per heavy atom. The third-order valence-corrected chi connectivity index (χ3v) is 3.85. The van der Waals surface area contributed by atoms with Crippen LogP contribution in [0.15, 0.2) is 55.0 Å². The van der Waals surface area contributed by atoms with Crippen LogP contribution in [0.2, 0.25) is 0 Å². The molecular weight excluding hydrogens is 314 g/mol. The first-order valence-corrected chi connectivity index (χ1v) is 7.96. The van der Waals surface area contributed by atoms with Crippen LogP contribution < -0.4 is 10.6 Å². The highest BCUT2D eigenvalue weighted by atomic mass is 16.1. The Kier molecular flexibility index (Phi) is 4.99. The average Bonchev–Trinajstić information content (AvgIpc) is 2.64. The summed E-state index contributed by atoms with van der Waals surface area (Å²) < 4.78 is 0. The van der Waals surface area contributed by atoms with Crippen molar-refractivity contribution in [1.82, 2.24) is 15.0 Å². The summed E-state index contributed by atoms with van der Waals surface area (Å²) in [5.74, 6) is 0.141. The van der Waals surface area contributed by atoms with E-state index in [0.29, 0.717) is 18.2 Å². The second-order valence-corrected chi connectivity index (χ2v) is 5.73. The van der Waals surface area contributed by atoms with E-state index in [9.17, 15) is 4.79 Å². The molecule has 3 rings (SSSR count). The molecule has 0 atom stereocenters. The van der Waals surface area contributed by atoms with Crippen molar-refractivity contribution in [2.45, 2.75) is 20.4 Å². The second-order valence-electron chi connectivity index (χ2n) is 5.73. The number of nitrogens with zero attached hydrogens (tertiary/aromatic N) is 3. The number of aryl methyl sites for hydroxylation is 2. The number of carbonyl (C=O) groups is 1. The van der Waals surface area contributed by atoms with Crippen LogP contribution in [-0.2, 0) is 6.54 Å². The minimum absolute atomic E-state index is 0.266. The molecule has 0 aliphatic rings. The number of aromatic nitrogens is 3. The highest BCUT2D eigenvalue weighted by molar-refractivity contribution is 6.03. The largest absolute Gasteiger partial charge is 0.350 e. The number of amides is 1. The number of hydrogen-bond acceptors (Lipinski definition) is 5. The molecule has 1 amide bonds. The van der Waals surface area contributed by atoms with Crippen molar-refractivity contribution in [1.29, 1.82) is 0 Å². The fourth-order valence-corrected chi connectivity index (χ4v) is 2.27. The monoisotopic (exact) mass is 333 g/mol. The van der Waals surface area contributed by atoms with E-state index in [1.165, 1.54) is 5.56 Å². The zero-order valence-corrected chi connectivity index (χ0v) is 14.2. The molecule has 2 N–H and O–H groups in total. The van der Waals surface area contributed by atoms with Crippen LogP contribution in [0.3, 0.4) is 0 Å². The van der Waals surface area contributed by atoms with Gasteiger partial charge in [0.05, 0.1) is 0 Å². The molecule has 0 unspecified atom stereocenters. The smallest absolute Gasteiger partial charge is 0.274 e. The Hall–Kier alpha value is -3.28. The van der Waals surface area contributed by atoms with Gasteiger partial charge >= 0.3 is 0 Å². The number of nitrogens with one attached hydrogen (secondary N) is 2. The minimum atomic E-state index is -0.266. The summed E-state index contributed by atoms with van der Waals surface area (Å²) in [5.41, 5.74) is 4.43. The molecule has 0 saturated heterocycles. The summed E-state index contributed by atoms with van der Waals surface area (Å²) in [4.78, 5) is 24.8. The van der Waals surface area contributed by atoms with Crippen LogP contribution in [0.4, 0.5) is 11.6 Å². The van der Waals surface area contributed by atoms with Crippen LogP contribution >= 0.6 is 0 Å². The number of anilines is 2. The van der Waals surface area contributed by atoms with Gasteiger partial charge in [-0.2, -0.15) is 0 Å². The fraction of sp³-hybridized carbons (Fsp3) is 0.158. The molecule has 0 fully saturated rings. The number of hydrogen-bond donors (Lipinski definition) is 2. The van der Waals surface area contributed by atoms with E-state index in [1.807, 2.05) is 44.2 Å². The lowest BCUT2D eigenvalue weighted by Crippen LogP contribution is -2.15. The van der Waals surface area contributed by atoms with Gasteiger partial charge in [0, 0.05) is 30.8 Å². The number of carbonyl (C=O) groups excluding carboxylic acids is 1. The molecule has 0 aliphatic carbocycles. The summed E-state index contributed by atoms with van der Waals surface area (Å²) in [5, 5.41) is 5.97. The van der Waals surface area contributed by atoms with Gasteiger partial charge in [0.2, 0.25) is 5.95 Å². The van der Waals surface area contributed by atoms with Crippen molar-refractivity contribution in [3.8, 4) is 0 Å². The summed E-state index contributed by atoms with van der Waals surface area (Å²) >= 11 is 0. The first-order valence-electron chi connectivity index (χ1n) is 7.96. The topological polar surface area (TPSA) is 79.8 Å². The number of pyridine rings is 1. The molecule has 3 aromatic rings. The van der Waals surface area contributed by atoms with Gasteiger partial charge in [-0.1, -0.05) is 6.07 Å². The molecule has 0 radical (unpaired) electrons. The maximum Gasteiger partial charge on any atom is 0.274 e. The standard InChI is InChI=1S/C19H19N5O/c1-13-3-4-16(11-14(13)2)23-18(25)17-7-10-21-19(24-17)22-12-15-5-8-20-9-6-15/h3-11H,12H2,1-2H3,(H,23,25)(H,21,22,24). The predicted molar refractivity (Wildman–Crippen MR) is 97.5 cm³/mol. The summed E-state index contributed by atoms with van der Waals surface area (Å²) in [6, 6.07) is 11.2. The summed E-state index contributed by atoms with van der Waals surface area (Å²) in [6.07, 6.45) is 5.02. The van der Waals surface area contributed by atoms with Crippen LogP contribution in [-0.4, -0.2) is 20.9 Å². The van der Waals surface area contributed by atoms with E-state index >= 15 is 0 Å². The zero-order chi connectivity index (χ0) is 17.6. The Labute approximate surface area is 146 Å². The lowest BCUT2D eigenvalue weighted by molar-refractivity contribution is 0.102. The van der Waals surface area contributed by atoms with Gasteiger partial charge < -0.3 is 10.6 Å². The van der Waals surface area contributed by atoms with Gasteiger partial charge in [0.15, 0.2) is 0 Å². The molecule has 25 heavy (non-hydrogen) atoms. The van der Waals surface area contributed by atoms with Crippen LogP contribution in [0.25, 0.3) is 0 Å². The van der Waals surface area contributed by atoms with Gasteiger partial charge in [0.1, 0.15) is 5.69 Å². The predicted octanol–water partition coefficient (Wildman–Crippen LogP) is 3.35. The van der Waals surface area contributed by atoms with Crippen molar-refractivity contribution in [3.63, 3.8) is 0 Å². The normalized spacial score (nSPS) is 10.3. The Balaban J connectivity index is 1.67. The quantitative estimate of drug-likeness (QED) is 0.748. The summed E-state index contributed by atoms with van der Waals surface area (Å²) in [7, 11) is 0. The fourth-order valence-electron chi connectivity index (χ4n) is 2.27. The van der Waals surface area contributed by atoms with E-state index < -0.39 is 0 Å². The molecule has 1 aromatic carbocycles.